The van der Waals surface area contributed by atoms with Crippen LogP contribution in [0.3, 0.4) is 0 Å². The summed E-state index contributed by atoms with van der Waals surface area (Å²) in [6.07, 6.45) is 4.23. The first-order chi connectivity index (χ1) is 6.79. The number of aliphatic carboxylic acids is 1. The number of carboxylic acids is 1. The van der Waals surface area contributed by atoms with E-state index in [9.17, 15) is 4.79 Å². The fraction of sp³-hybridized carbons (Fsp3) is 0.417. The van der Waals surface area contributed by atoms with Crippen LogP contribution in [0.2, 0.25) is 0 Å². The van der Waals surface area contributed by atoms with Crippen molar-refractivity contribution in [3.05, 3.63) is 35.9 Å². The maximum atomic E-state index is 10.2. The third kappa shape index (κ3) is 8.17. The van der Waals surface area contributed by atoms with Gasteiger partial charge in [0.05, 0.1) is 0 Å². The normalized spacial score (nSPS) is 9.33. The van der Waals surface area contributed by atoms with Crippen LogP contribution in [0.1, 0.15) is 31.2 Å². The molecule has 3 heteroatoms. The summed E-state index contributed by atoms with van der Waals surface area (Å²) in [5.41, 5.74) is 1.34. The molecule has 0 unspecified atom stereocenters. The summed E-state index contributed by atoms with van der Waals surface area (Å²) >= 11 is 0. The molecule has 0 heterocycles. The van der Waals surface area contributed by atoms with Crippen LogP contribution in [-0.2, 0) is 11.2 Å². The summed E-state index contributed by atoms with van der Waals surface area (Å²) in [6.45, 7) is 0. The molecule has 0 amide bonds. The molecule has 0 aliphatic heterocycles. The molecule has 0 radical (unpaired) electrons. The number of rotatable bonds is 6. The number of carboxylic acid groups (broad SMARTS) is 1. The molecular weight excluding hydrogens is 215 g/mol. The fourth-order valence-electron chi connectivity index (χ4n) is 1.43. The van der Waals surface area contributed by atoms with Crippen molar-refractivity contribution in [3.8, 4) is 0 Å². The molecule has 1 aromatic rings. The van der Waals surface area contributed by atoms with Crippen molar-refractivity contribution in [1.82, 2.24) is 0 Å². The second kappa shape index (κ2) is 9.55. The Kier molecular flexibility index (Phi) is 9.75. The molecule has 0 saturated carbocycles. The van der Waals surface area contributed by atoms with E-state index in [0.29, 0.717) is 6.42 Å². The van der Waals surface area contributed by atoms with Crippen molar-refractivity contribution in [3.63, 3.8) is 0 Å². The zero-order valence-corrected chi connectivity index (χ0v) is 8.28. The second-order valence-electron chi connectivity index (χ2n) is 3.44. The molecule has 0 aliphatic carbocycles. The number of hydrogen-bond acceptors (Lipinski definition) is 1. The van der Waals surface area contributed by atoms with Crippen molar-refractivity contribution in [1.29, 1.82) is 0 Å². The van der Waals surface area contributed by atoms with Crippen molar-refractivity contribution in [2.24, 2.45) is 0 Å². The maximum absolute atomic E-state index is 10.2. The van der Waals surface area contributed by atoms with Crippen molar-refractivity contribution in [2.75, 3.05) is 0 Å². The van der Waals surface area contributed by atoms with Gasteiger partial charge in [0.2, 0.25) is 0 Å². The van der Waals surface area contributed by atoms with Crippen LogP contribution in [0, 0.1) is 0 Å². The summed E-state index contributed by atoms with van der Waals surface area (Å²) < 4.78 is 0. The molecule has 0 atom stereocenters. The minimum absolute atomic E-state index is 0. The standard InChI is InChI=1S/C12H16O2.K.H/c13-12(14)10-6-2-5-9-11-7-3-1-4-8-11;;/h1,3-4,7-8H,2,5-6,9-10H2,(H,13,14);;. The zero-order chi connectivity index (χ0) is 10.2. The van der Waals surface area contributed by atoms with Gasteiger partial charge < -0.3 is 5.11 Å². The molecule has 1 N–H and O–H groups in total. The van der Waals surface area contributed by atoms with E-state index in [4.69, 9.17) is 5.11 Å². The van der Waals surface area contributed by atoms with Gasteiger partial charge in [-0.3, -0.25) is 4.79 Å². The van der Waals surface area contributed by atoms with Gasteiger partial charge in [0.15, 0.2) is 0 Å². The molecule has 2 nitrogen and oxygen atoms in total. The molecule has 0 saturated heterocycles. The van der Waals surface area contributed by atoms with Crippen LogP contribution in [0.25, 0.3) is 0 Å². The summed E-state index contributed by atoms with van der Waals surface area (Å²) in [4.78, 5) is 10.2. The van der Waals surface area contributed by atoms with Crippen LogP contribution in [-0.4, -0.2) is 62.5 Å². The predicted molar refractivity (Wildman–Crippen MR) is 63.4 cm³/mol. The van der Waals surface area contributed by atoms with Gasteiger partial charge in [0, 0.05) is 6.42 Å². The Morgan fingerprint density at radius 2 is 1.73 bits per heavy atom. The molecule has 15 heavy (non-hydrogen) atoms. The Morgan fingerprint density at radius 1 is 1.07 bits per heavy atom. The first-order valence-electron chi connectivity index (χ1n) is 5.05. The van der Waals surface area contributed by atoms with Crippen LogP contribution >= 0.6 is 0 Å². The Bertz CT molecular complexity index is 272. The molecule has 0 bridgehead atoms. The van der Waals surface area contributed by atoms with Gasteiger partial charge in [-0.2, -0.15) is 0 Å². The average molecular weight is 232 g/mol. The fourth-order valence-corrected chi connectivity index (χ4v) is 1.43. The number of benzene rings is 1. The minimum atomic E-state index is -0.690. The summed E-state index contributed by atoms with van der Waals surface area (Å²) in [7, 11) is 0. The number of carbonyl (C=O) groups is 1. The van der Waals surface area contributed by atoms with Gasteiger partial charge in [-0.25, -0.2) is 0 Å². The molecular formula is C12H17KO2. The van der Waals surface area contributed by atoms with Gasteiger partial charge >= 0.3 is 57.4 Å². The summed E-state index contributed by atoms with van der Waals surface area (Å²) in [6, 6.07) is 10.3. The van der Waals surface area contributed by atoms with Crippen LogP contribution in [0.5, 0.6) is 0 Å². The first-order valence-corrected chi connectivity index (χ1v) is 5.05. The van der Waals surface area contributed by atoms with E-state index >= 15 is 0 Å². The van der Waals surface area contributed by atoms with Crippen LogP contribution in [0.15, 0.2) is 30.3 Å². The first kappa shape index (κ1) is 15.3. The van der Waals surface area contributed by atoms with Gasteiger partial charge in [-0.05, 0) is 24.8 Å². The van der Waals surface area contributed by atoms with Crippen molar-refractivity contribution in [2.45, 2.75) is 32.1 Å². The molecule has 0 aromatic heterocycles. The molecule has 0 spiro atoms. The van der Waals surface area contributed by atoms with E-state index in [-0.39, 0.29) is 51.4 Å². The van der Waals surface area contributed by atoms with Crippen LogP contribution < -0.4 is 0 Å². The summed E-state index contributed by atoms with van der Waals surface area (Å²) in [5.74, 6) is -0.690. The Morgan fingerprint density at radius 3 is 2.33 bits per heavy atom. The average Bonchev–Trinajstić information content (AvgIpc) is 2.18. The van der Waals surface area contributed by atoms with E-state index in [1.807, 2.05) is 18.2 Å². The van der Waals surface area contributed by atoms with Crippen LogP contribution in [0.4, 0.5) is 0 Å². The molecule has 1 aromatic carbocycles. The Hall–Kier alpha value is 0.326. The third-order valence-electron chi connectivity index (χ3n) is 2.20. The Balaban J connectivity index is 0.00000196. The molecule has 0 fully saturated rings. The van der Waals surface area contributed by atoms with Gasteiger partial charge in [0.25, 0.3) is 0 Å². The number of aryl methyl sites for hydroxylation is 1. The van der Waals surface area contributed by atoms with E-state index in [0.717, 1.165) is 25.7 Å². The van der Waals surface area contributed by atoms with Crippen molar-refractivity contribution < 1.29 is 9.90 Å². The van der Waals surface area contributed by atoms with E-state index in [2.05, 4.69) is 12.1 Å². The monoisotopic (exact) mass is 232 g/mol. The summed E-state index contributed by atoms with van der Waals surface area (Å²) in [5, 5.41) is 8.43. The van der Waals surface area contributed by atoms with Crippen molar-refractivity contribution >= 4 is 57.4 Å². The van der Waals surface area contributed by atoms with E-state index in [1.165, 1.54) is 5.56 Å². The van der Waals surface area contributed by atoms with Gasteiger partial charge in [-0.1, -0.05) is 36.8 Å². The molecule has 0 aliphatic rings. The zero-order valence-electron chi connectivity index (χ0n) is 8.28. The van der Waals surface area contributed by atoms with Gasteiger partial charge in [0.1, 0.15) is 0 Å². The molecule has 78 valence electrons. The van der Waals surface area contributed by atoms with E-state index < -0.39 is 5.97 Å². The molecule has 1 rings (SSSR count). The SMILES string of the molecule is O=C(O)CCCCCc1ccccc1.[KH]. The number of hydrogen-bond donors (Lipinski definition) is 1. The topological polar surface area (TPSA) is 37.3 Å². The van der Waals surface area contributed by atoms with E-state index in [1.54, 1.807) is 0 Å². The van der Waals surface area contributed by atoms with Gasteiger partial charge in [-0.15, -0.1) is 0 Å². The second-order valence-corrected chi connectivity index (χ2v) is 3.44. The predicted octanol–water partition coefficient (Wildman–Crippen LogP) is 2.23. The third-order valence-corrected chi connectivity index (χ3v) is 2.20. The Labute approximate surface area is 133 Å². The quantitative estimate of drug-likeness (QED) is 0.603. The number of unbranched alkanes of at least 4 members (excludes halogenated alkanes) is 2.